The standard InChI is InChI=1S/C16H9Cl2NO4/c17-10-5-7(6-11(18)12(10)19)13(20)15-14(21)8-3-1-2-4-9(8)16(22)23-15/h1-6,21H,19H2. The number of nitrogen functional groups attached to an aromatic ring is 1. The zero-order chi connectivity index (χ0) is 16.7. The first-order valence-electron chi connectivity index (χ1n) is 6.44. The Bertz CT molecular complexity index is 988. The maximum absolute atomic E-state index is 12.5. The Morgan fingerprint density at radius 3 is 2.26 bits per heavy atom. The molecule has 0 spiro atoms. The number of nitrogens with two attached hydrogens (primary N) is 1. The Morgan fingerprint density at radius 1 is 1.09 bits per heavy atom. The van der Waals surface area contributed by atoms with Gasteiger partial charge in [0.1, 0.15) is 0 Å². The van der Waals surface area contributed by atoms with Crippen molar-refractivity contribution in [2.75, 3.05) is 5.73 Å². The van der Waals surface area contributed by atoms with Crippen molar-refractivity contribution in [2.24, 2.45) is 0 Å². The van der Waals surface area contributed by atoms with Crippen molar-refractivity contribution in [2.45, 2.75) is 0 Å². The van der Waals surface area contributed by atoms with Crippen LogP contribution in [0.1, 0.15) is 16.1 Å². The number of carbonyl (C=O) groups excluding carboxylic acids is 1. The Labute approximate surface area is 139 Å². The van der Waals surface area contributed by atoms with Crippen LogP contribution in [0.4, 0.5) is 5.69 Å². The van der Waals surface area contributed by atoms with Crippen molar-refractivity contribution >= 4 is 45.4 Å². The summed E-state index contributed by atoms with van der Waals surface area (Å²) in [6.45, 7) is 0. The van der Waals surface area contributed by atoms with Crippen molar-refractivity contribution in [1.82, 2.24) is 0 Å². The molecule has 2 aromatic carbocycles. The summed E-state index contributed by atoms with van der Waals surface area (Å²) >= 11 is 11.8. The molecular formula is C16H9Cl2NO4. The van der Waals surface area contributed by atoms with Gasteiger partial charge in [-0.1, -0.05) is 41.4 Å². The lowest BCUT2D eigenvalue weighted by atomic mass is 10.0. The van der Waals surface area contributed by atoms with Crippen LogP contribution in [0.15, 0.2) is 45.6 Å². The molecule has 3 N–H and O–H groups in total. The summed E-state index contributed by atoms with van der Waals surface area (Å²) in [5, 5.41) is 10.8. The lowest BCUT2D eigenvalue weighted by molar-refractivity contribution is 0.100. The number of halogens is 2. The number of fused-ring (bicyclic) bond motifs is 1. The molecule has 0 unspecified atom stereocenters. The van der Waals surface area contributed by atoms with Crippen LogP contribution in [0, 0.1) is 0 Å². The fourth-order valence-corrected chi connectivity index (χ4v) is 2.67. The normalized spacial score (nSPS) is 10.9. The first-order chi connectivity index (χ1) is 10.9. The van der Waals surface area contributed by atoms with Crippen molar-refractivity contribution < 1.29 is 14.3 Å². The van der Waals surface area contributed by atoms with E-state index in [-0.39, 0.29) is 32.1 Å². The molecule has 0 fully saturated rings. The lowest BCUT2D eigenvalue weighted by Gasteiger charge is -2.08. The van der Waals surface area contributed by atoms with Crippen LogP contribution in [0.5, 0.6) is 5.75 Å². The van der Waals surface area contributed by atoms with Crippen LogP contribution < -0.4 is 11.4 Å². The van der Waals surface area contributed by atoms with Gasteiger partial charge in [0.15, 0.2) is 5.75 Å². The van der Waals surface area contributed by atoms with Crippen LogP contribution in [0.25, 0.3) is 10.8 Å². The third-order valence-corrected chi connectivity index (χ3v) is 3.98. The summed E-state index contributed by atoms with van der Waals surface area (Å²) in [5.74, 6) is -1.63. The van der Waals surface area contributed by atoms with E-state index in [9.17, 15) is 14.7 Å². The van der Waals surface area contributed by atoms with Gasteiger partial charge < -0.3 is 15.3 Å². The summed E-state index contributed by atoms with van der Waals surface area (Å²) in [5.41, 5.74) is 5.07. The number of ketones is 1. The fraction of sp³-hybridized carbons (Fsp3) is 0. The second-order valence-corrected chi connectivity index (χ2v) is 5.61. The molecule has 7 heteroatoms. The average Bonchev–Trinajstić information content (AvgIpc) is 2.55. The van der Waals surface area contributed by atoms with Gasteiger partial charge in [-0.2, -0.15) is 0 Å². The molecule has 1 heterocycles. The molecule has 0 atom stereocenters. The molecule has 23 heavy (non-hydrogen) atoms. The van der Waals surface area contributed by atoms with E-state index in [1.807, 2.05) is 0 Å². The van der Waals surface area contributed by atoms with E-state index in [0.29, 0.717) is 0 Å². The SMILES string of the molecule is Nc1c(Cl)cc(C(=O)c2oc(=O)c3ccccc3c2O)cc1Cl. The maximum Gasteiger partial charge on any atom is 0.344 e. The van der Waals surface area contributed by atoms with Crippen molar-refractivity contribution in [1.29, 1.82) is 0 Å². The van der Waals surface area contributed by atoms with Crippen LogP contribution in [0.3, 0.4) is 0 Å². The molecule has 1 aromatic heterocycles. The van der Waals surface area contributed by atoms with Gasteiger partial charge in [0, 0.05) is 10.9 Å². The van der Waals surface area contributed by atoms with Crippen molar-refractivity contribution in [3.8, 4) is 5.75 Å². The number of hydrogen-bond donors (Lipinski definition) is 2. The van der Waals surface area contributed by atoms with Crippen molar-refractivity contribution in [3.63, 3.8) is 0 Å². The second kappa shape index (κ2) is 5.61. The molecule has 0 aliphatic heterocycles. The number of hydrogen-bond acceptors (Lipinski definition) is 5. The molecule has 0 bridgehead atoms. The highest BCUT2D eigenvalue weighted by Crippen LogP contribution is 2.32. The van der Waals surface area contributed by atoms with Gasteiger partial charge in [0.2, 0.25) is 11.5 Å². The Kier molecular flexibility index (Phi) is 3.75. The van der Waals surface area contributed by atoms with Gasteiger partial charge in [0.05, 0.1) is 21.1 Å². The Hall–Kier alpha value is -2.50. The fourth-order valence-electron chi connectivity index (χ4n) is 2.19. The highest BCUT2D eigenvalue weighted by Gasteiger charge is 2.22. The largest absolute Gasteiger partial charge is 0.504 e. The lowest BCUT2D eigenvalue weighted by Crippen LogP contribution is -2.09. The molecule has 116 valence electrons. The molecular weight excluding hydrogens is 341 g/mol. The van der Waals surface area contributed by atoms with Gasteiger partial charge in [0.25, 0.3) is 0 Å². The van der Waals surface area contributed by atoms with Crippen LogP contribution in [-0.4, -0.2) is 10.9 Å². The quantitative estimate of drug-likeness (QED) is 0.544. The smallest absolute Gasteiger partial charge is 0.344 e. The minimum Gasteiger partial charge on any atom is -0.504 e. The highest BCUT2D eigenvalue weighted by molar-refractivity contribution is 6.39. The van der Waals surface area contributed by atoms with E-state index in [2.05, 4.69) is 0 Å². The maximum atomic E-state index is 12.5. The van der Waals surface area contributed by atoms with Crippen LogP contribution in [-0.2, 0) is 0 Å². The third-order valence-electron chi connectivity index (χ3n) is 3.36. The van der Waals surface area contributed by atoms with E-state index >= 15 is 0 Å². The van der Waals surface area contributed by atoms with Crippen molar-refractivity contribution in [3.05, 3.63) is 68.2 Å². The molecule has 0 amide bonds. The summed E-state index contributed by atoms with van der Waals surface area (Å²) < 4.78 is 4.97. The molecule has 0 saturated carbocycles. The van der Waals surface area contributed by atoms with Gasteiger partial charge in [-0.25, -0.2) is 4.79 Å². The predicted octanol–water partition coefficient (Wildman–Crippen LogP) is 3.62. The second-order valence-electron chi connectivity index (χ2n) is 4.80. The van der Waals surface area contributed by atoms with E-state index < -0.39 is 22.9 Å². The van der Waals surface area contributed by atoms with Gasteiger partial charge in [-0.15, -0.1) is 0 Å². The molecule has 5 nitrogen and oxygen atoms in total. The van der Waals surface area contributed by atoms with E-state index in [1.165, 1.54) is 24.3 Å². The first kappa shape index (κ1) is 15.4. The zero-order valence-corrected chi connectivity index (χ0v) is 13.0. The Balaban J connectivity index is 2.23. The number of aromatic hydroxyl groups is 1. The first-order valence-corrected chi connectivity index (χ1v) is 7.19. The summed E-state index contributed by atoms with van der Waals surface area (Å²) in [6, 6.07) is 8.85. The summed E-state index contributed by atoms with van der Waals surface area (Å²) in [7, 11) is 0. The molecule has 0 radical (unpaired) electrons. The Morgan fingerprint density at radius 2 is 1.65 bits per heavy atom. The summed E-state index contributed by atoms with van der Waals surface area (Å²) in [4.78, 5) is 24.5. The van der Waals surface area contributed by atoms with E-state index in [4.69, 9.17) is 33.4 Å². The zero-order valence-electron chi connectivity index (χ0n) is 11.5. The van der Waals surface area contributed by atoms with Crippen LogP contribution >= 0.6 is 23.2 Å². The number of carbonyl (C=O) groups is 1. The molecule has 0 aliphatic rings. The monoisotopic (exact) mass is 349 g/mol. The van der Waals surface area contributed by atoms with E-state index in [1.54, 1.807) is 12.1 Å². The highest BCUT2D eigenvalue weighted by atomic mass is 35.5. The predicted molar refractivity (Wildman–Crippen MR) is 88.5 cm³/mol. The van der Waals surface area contributed by atoms with Gasteiger partial charge in [-0.05, 0) is 18.2 Å². The number of benzene rings is 2. The minimum absolute atomic E-state index is 0.0444. The van der Waals surface area contributed by atoms with Gasteiger partial charge >= 0.3 is 5.63 Å². The minimum atomic E-state index is -0.728. The molecule has 3 rings (SSSR count). The van der Waals surface area contributed by atoms with Crippen LogP contribution in [0.2, 0.25) is 10.0 Å². The number of rotatable bonds is 2. The third kappa shape index (κ3) is 2.54. The average molecular weight is 350 g/mol. The molecule has 0 saturated heterocycles. The molecule has 3 aromatic rings. The molecule has 0 aliphatic carbocycles. The number of anilines is 1. The topological polar surface area (TPSA) is 93.5 Å². The van der Waals surface area contributed by atoms with Gasteiger partial charge in [-0.3, -0.25) is 4.79 Å². The van der Waals surface area contributed by atoms with E-state index in [0.717, 1.165) is 0 Å². The summed E-state index contributed by atoms with van der Waals surface area (Å²) in [6.07, 6.45) is 0.